The maximum atomic E-state index is 11.6. The van der Waals surface area contributed by atoms with E-state index in [4.69, 9.17) is 5.11 Å². The first kappa shape index (κ1) is 15.2. The summed E-state index contributed by atoms with van der Waals surface area (Å²) in [5, 5.41) is 9.45. The maximum absolute atomic E-state index is 11.6. The Balaban J connectivity index is 2.70. The molecule has 1 aromatic carbocycles. The molecule has 0 heterocycles. The number of carbonyl (C=O) groups excluding carboxylic acids is 1. The van der Waals surface area contributed by atoms with Crippen LogP contribution in [0.4, 0.5) is 5.69 Å². The number of hydrogen-bond acceptors (Lipinski definition) is 4. The van der Waals surface area contributed by atoms with Gasteiger partial charge in [0.15, 0.2) is 15.1 Å². The van der Waals surface area contributed by atoms with Gasteiger partial charge < -0.3 is 10.4 Å². The van der Waals surface area contributed by atoms with Gasteiger partial charge in [0.25, 0.3) is 0 Å². The molecule has 2 N–H and O–H groups in total. The molecule has 6 nitrogen and oxygen atoms in total. The van der Waals surface area contributed by atoms with Crippen LogP contribution in [0.3, 0.4) is 0 Å². The monoisotopic (exact) mass is 285 g/mol. The van der Waals surface area contributed by atoms with Crippen LogP contribution < -0.4 is 5.32 Å². The Morgan fingerprint density at radius 2 is 1.79 bits per heavy atom. The van der Waals surface area contributed by atoms with Crippen molar-refractivity contribution in [3.8, 4) is 0 Å². The van der Waals surface area contributed by atoms with Gasteiger partial charge in [-0.1, -0.05) is 17.7 Å². The summed E-state index contributed by atoms with van der Waals surface area (Å²) in [5.41, 5.74) is 1.47. The van der Waals surface area contributed by atoms with E-state index < -0.39 is 32.7 Å². The van der Waals surface area contributed by atoms with Gasteiger partial charge in [-0.3, -0.25) is 9.59 Å². The lowest BCUT2D eigenvalue weighted by molar-refractivity contribution is -0.136. The average Bonchev–Trinajstić information content (AvgIpc) is 2.30. The van der Waals surface area contributed by atoms with Gasteiger partial charge in [-0.2, -0.15) is 0 Å². The Morgan fingerprint density at radius 1 is 1.26 bits per heavy atom. The van der Waals surface area contributed by atoms with Crippen LogP contribution in [-0.2, 0) is 19.4 Å². The molecule has 0 aliphatic carbocycles. The Kier molecular flexibility index (Phi) is 4.66. The summed E-state index contributed by atoms with van der Waals surface area (Å²) in [5.74, 6) is -3.07. The molecule has 0 fully saturated rings. The van der Waals surface area contributed by atoms with Gasteiger partial charge in [0.05, 0.1) is 0 Å². The fraction of sp³-hybridized carbons (Fsp3) is 0.333. The maximum Gasteiger partial charge on any atom is 0.321 e. The number of benzene rings is 1. The third-order valence-corrected chi connectivity index (χ3v) is 4.50. The third kappa shape index (κ3) is 4.36. The van der Waals surface area contributed by atoms with Crippen molar-refractivity contribution in [2.45, 2.75) is 19.1 Å². The number of hydrogen-bond donors (Lipinski definition) is 2. The highest BCUT2D eigenvalue weighted by molar-refractivity contribution is 7.93. The molecule has 0 spiro atoms. The third-order valence-electron chi connectivity index (χ3n) is 2.55. The standard InChI is InChI=1S/C12H15NO5S/c1-8-3-5-10(6-4-8)13-11(14)7-19(17,18)9(2)12(15)16/h3-6,9H,7H2,1-2H3,(H,13,14)(H,15,16). The van der Waals surface area contributed by atoms with Crippen LogP contribution in [0.15, 0.2) is 24.3 Å². The molecule has 19 heavy (non-hydrogen) atoms. The highest BCUT2D eigenvalue weighted by Crippen LogP contribution is 2.09. The Hall–Kier alpha value is -1.89. The lowest BCUT2D eigenvalue weighted by Gasteiger charge is -2.09. The molecule has 0 aliphatic heterocycles. The van der Waals surface area contributed by atoms with Crippen molar-refractivity contribution in [3.63, 3.8) is 0 Å². The molecule has 104 valence electrons. The molecule has 1 aromatic rings. The van der Waals surface area contributed by atoms with E-state index in [1.807, 2.05) is 6.92 Å². The van der Waals surface area contributed by atoms with Gasteiger partial charge in [0, 0.05) is 5.69 Å². The first-order chi connectivity index (χ1) is 8.72. The van der Waals surface area contributed by atoms with Crippen LogP contribution >= 0.6 is 0 Å². The molecular formula is C12H15NO5S. The van der Waals surface area contributed by atoms with Crippen molar-refractivity contribution < 1.29 is 23.1 Å². The van der Waals surface area contributed by atoms with Gasteiger partial charge in [-0.15, -0.1) is 0 Å². The first-order valence-corrected chi connectivity index (χ1v) is 7.25. The van der Waals surface area contributed by atoms with Crippen molar-refractivity contribution in [1.82, 2.24) is 0 Å². The summed E-state index contributed by atoms with van der Waals surface area (Å²) in [7, 11) is -4.00. The average molecular weight is 285 g/mol. The normalized spacial score (nSPS) is 12.7. The van der Waals surface area contributed by atoms with Crippen molar-refractivity contribution in [2.75, 3.05) is 11.1 Å². The number of sulfone groups is 1. The molecule has 0 aromatic heterocycles. The number of anilines is 1. The second-order valence-corrected chi connectivity index (χ2v) is 6.52. The highest BCUT2D eigenvalue weighted by Gasteiger charge is 2.29. The van der Waals surface area contributed by atoms with Crippen LogP contribution in [0.2, 0.25) is 0 Å². The van der Waals surface area contributed by atoms with Gasteiger partial charge in [0.2, 0.25) is 5.91 Å². The van der Waals surface area contributed by atoms with Crippen LogP contribution in [0.25, 0.3) is 0 Å². The molecule has 0 saturated carbocycles. The van der Waals surface area contributed by atoms with E-state index in [9.17, 15) is 18.0 Å². The fourth-order valence-electron chi connectivity index (χ4n) is 1.30. The number of aryl methyl sites for hydroxylation is 1. The van der Waals surface area contributed by atoms with E-state index in [0.717, 1.165) is 12.5 Å². The zero-order chi connectivity index (χ0) is 14.6. The molecule has 0 radical (unpaired) electrons. The lowest BCUT2D eigenvalue weighted by atomic mass is 10.2. The Bertz CT molecular complexity index is 577. The summed E-state index contributed by atoms with van der Waals surface area (Å²) in [6.07, 6.45) is 0. The molecule has 1 unspecified atom stereocenters. The molecule has 0 saturated heterocycles. The van der Waals surface area contributed by atoms with Gasteiger partial charge in [0.1, 0.15) is 5.75 Å². The number of aliphatic carboxylic acids is 1. The number of nitrogens with one attached hydrogen (secondary N) is 1. The molecule has 0 bridgehead atoms. The lowest BCUT2D eigenvalue weighted by Crippen LogP contribution is -2.34. The number of amides is 1. The minimum Gasteiger partial charge on any atom is -0.480 e. The van der Waals surface area contributed by atoms with Gasteiger partial charge >= 0.3 is 5.97 Å². The van der Waals surface area contributed by atoms with Crippen molar-refractivity contribution in [2.24, 2.45) is 0 Å². The zero-order valence-electron chi connectivity index (χ0n) is 10.6. The molecule has 1 amide bonds. The number of rotatable bonds is 5. The number of carboxylic acid groups (broad SMARTS) is 1. The zero-order valence-corrected chi connectivity index (χ0v) is 11.4. The minimum atomic E-state index is -4.00. The second kappa shape index (κ2) is 5.83. The quantitative estimate of drug-likeness (QED) is 0.834. The Labute approximate surface area is 111 Å². The van der Waals surface area contributed by atoms with Crippen LogP contribution in [0, 0.1) is 6.92 Å². The van der Waals surface area contributed by atoms with E-state index in [0.29, 0.717) is 5.69 Å². The largest absolute Gasteiger partial charge is 0.480 e. The summed E-state index contributed by atoms with van der Waals surface area (Å²) < 4.78 is 23.2. The van der Waals surface area contributed by atoms with Crippen molar-refractivity contribution in [1.29, 1.82) is 0 Å². The SMILES string of the molecule is Cc1ccc(NC(=O)CS(=O)(=O)C(C)C(=O)O)cc1. The number of carboxylic acids is 1. The summed E-state index contributed by atoms with van der Waals surface area (Å²) in [6, 6.07) is 6.81. The minimum absolute atomic E-state index is 0.466. The smallest absolute Gasteiger partial charge is 0.321 e. The molecule has 0 aliphatic rings. The van der Waals surface area contributed by atoms with Crippen molar-refractivity contribution in [3.05, 3.63) is 29.8 Å². The summed E-state index contributed by atoms with van der Waals surface area (Å²) in [4.78, 5) is 22.2. The van der Waals surface area contributed by atoms with Crippen LogP contribution in [-0.4, -0.2) is 36.4 Å². The predicted octanol–water partition coefficient (Wildman–Crippen LogP) is 0.821. The van der Waals surface area contributed by atoms with E-state index in [-0.39, 0.29) is 0 Å². The fourth-order valence-corrected chi connectivity index (χ4v) is 2.29. The topological polar surface area (TPSA) is 101 Å². The predicted molar refractivity (Wildman–Crippen MR) is 70.7 cm³/mol. The van der Waals surface area contributed by atoms with Crippen LogP contribution in [0.5, 0.6) is 0 Å². The van der Waals surface area contributed by atoms with Gasteiger partial charge in [-0.25, -0.2) is 8.42 Å². The van der Waals surface area contributed by atoms with E-state index >= 15 is 0 Å². The second-order valence-electron chi connectivity index (χ2n) is 4.20. The van der Waals surface area contributed by atoms with E-state index in [1.165, 1.54) is 0 Å². The number of carbonyl (C=O) groups is 2. The molecule has 1 rings (SSSR count). The van der Waals surface area contributed by atoms with E-state index in [1.54, 1.807) is 24.3 Å². The van der Waals surface area contributed by atoms with Crippen LogP contribution in [0.1, 0.15) is 12.5 Å². The molecular weight excluding hydrogens is 270 g/mol. The molecule has 7 heteroatoms. The molecule has 1 atom stereocenters. The summed E-state index contributed by atoms with van der Waals surface area (Å²) >= 11 is 0. The van der Waals surface area contributed by atoms with Gasteiger partial charge in [-0.05, 0) is 26.0 Å². The first-order valence-electron chi connectivity index (χ1n) is 5.53. The Morgan fingerprint density at radius 3 is 2.26 bits per heavy atom. The van der Waals surface area contributed by atoms with Crippen molar-refractivity contribution >= 4 is 27.4 Å². The van der Waals surface area contributed by atoms with E-state index in [2.05, 4.69) is 5.32 Å². The highest BCUT2D eigenvalue weighted by atomic mass is 32.2. The summed E-state index contributed by atoms with van der Waals surface area (Å²) in [6.45, 7) is 2.92.